The molecule has 0 aliphatic rings. The predicted octanol–water partition coefficient (Wildman–Crippen LogP) is -3.44. The average Bonchev–Trinajstić information content (AvgIpc) is 3.36. The van der Waals surface area contributed by atoms with E-state index in [9.17, 15) is 24.0 Å². The summed E-state index contributed by atoms with van der Waals surface area (Å²) in [5.41, 5.74) is 25.4. The highest BCUT2D eigenvalue weighted by atomic mass is 32.1. The van der Waals surface area contributed by atoms with Gasteiger partial charge >= 0.3 is 29.8 Å². The lowest BCUT2D eigenvalue weighted by Gasteiger charge is -2.07. The number of rotatable bonds is 11. The Hall–Kier alpha value is -3.33. The fourth-order valence-corrected chi connectivity index (χ4v) is 1.64. The Bertz CT molecular complexity index is 794. The number of carboxylic acids is 5. The molecule has 4 atom stereocenters. The minimum absolute atomic E-state index is 0.190. The lowest BCUT2D eigenvalue weighted by atomic mass is 10.1. The number of aromatic amines is 1. The summed E-state index contributed by atoms with van der Waals surface area (Å²) in [5, 5.41) is 48.2. The number of nitrogens with two attached hydrogens (primary N) is 5. The Balaban J connectivity index is -0.000000202. The summed E-state index contributed by atoms with van der Waals surface area (Å²) in [5.74, 6) is -4.52. The smallest absolute Gasteiger partial charge is 0.322 e. The Kier molecular flexibility index (Phi) is 28.8. The van der Waals surface area contributed by atoms with Crippen LogP contribution in [0.15, 0.2) is 12.5 Å². The first-order valence-corrected chi connectivity index (χ1v) is 11.6. The van der Waals surface area contributed by atoms with Crippen LogP contribution < -0.4 is 28.7 Å². The Labute approximate surface area is 230 Å². The van der Waals surface area contributed by atoms with E-state index in [-0.39, 0.29) is 18.7 Å². The van der Waals surface area contributed by atoms with Crippen molar-refractivity contribution in [1.82, 2.24) is 9.97 Å². The molecule has 19 heteroatoms. The molecule has 228 valence electrons. The van der Waals surface area contributed by atoms with Gasteiger partial charge in [0.15, 0.2) is 0 Å². The minimum atomic E-state index is -1.18. The summed E-state index contributed by atoms with van der Waals surface area (Å²) >= 11 is 3.65. The van der Waals surface area contributed by atoms with Crippen LogP contribution in [0.4, 0.5) is 0 Å². The van der Waals surface area contributed by atoms with Gasteiger partial charge in [-0.2, -0.15) is 12.6 Å². The van der Waals surface area contributed by atoms with Crippen molar-refractivity contribution in [2.24, 2.45) is 34.6 Å². The third-order valence-corrected chi connectivity index (χ3v) is 3.94. The van der Waals surface area contributed by atoms with Gasteiger partial charge in [0, 0.05) is 18.4 Å². The predicted molar refractivity (Wildman–Crippen MR) is 142 cm³/mol. The van der Waals surface area contributed by atoms with Crippen LogP contribution in [0.1, 0.15) is 26.0 Å². The first-order chi connectivity index (χ1) is 17.9. The van der Waals surface area contributed by atoms with Crippen LogP contribution in [0.2, 0.25) is 0 Å². The summed E-state index contributed by atoms with van der Waals surface area (Å²) in [7, 11) is 0. The molecule has 0 saturated heterocycles. The van der Waals surface area contributed by atoms with Crippen molar-refractivity contribution in [3.05, 3.63) is 18.2 Å². The molecule has 0 bridgehead atoms. The fourth-order valence-electron chi connectivity index (χ4n) is 1.48. The molecule has 0 aliphatic heterocycles. The fraction of sp³-hybridized carbons (Fsp3) is 0.600. The van der Waals surface area contributed by atoms with Crippen molar-refractivity contribution < 1.29 is 54.6 Å². The van der Waals surface area contributed by atoms with Gasteiger partial charge in [0.2, 0.25) is 0 Å². The molecule has 0 spiro atoms. The second-order valence-electron chi connectivity index (χ2n) is 7.64. The molecular weight excluding hydrogens is 546 g/mol. The van der Waals surface area contributed by atoms with Crippen molar-refractivity contribution in [3.8, 4) is 0 Å². The van der Waals surface area contributed by atoms with Gasteiger partial charge < -0.3 is 64.3 Å². The maximum absolute atomic E-state index is 10.3. The molecule has 1 heterocycles. The zero-order chi connectivity index (χ0) is 31.7. The first-order valence-electron chi connectivity index (χ1n) is 10.9. The molecular formula is C20H41N7O11S. The Morgan fingerprint density at radius 3 is 1.41 bits per heavy atom. The van der Waals surface area contributed by atoms with E-state index < -0.39 is 60.6 Å². The van der Waals surface area contributed by atoms with E-state index in [4.69, 9.17) is 53.6 Å². The summed E-state index contributed by atoms with van der Waals surface area (Å²) < 4.78 is 0. The van der Waals surface area contributed by atoms with E-state index in [1.807, 2.05) is 13.8 Å². The zero-order valence-electron chi connectivity index (χ0n) is 21.6. The van der Waals surface area contributed by atoms with Crippen molar-refractivity contribution in [2.75, 3.05) is 18.9 Å². The highest BCUT2D eigenvalue weighted by Crippen LogP contribution is 2.01. The molecule has 18 nitrogen and oxygen atoms in total. The molecule has 1 aromatic rings. The first kappa shape index (κ1) is 42.7. The molecule has 0 amide bonds. The number of aliphatic hydroxyl groups is 1. The van der Waals surface area contributed by atoms with Gasteiger partial charge in [0.1, 0.15) is 24.2 Å². The zero-order valence-corrected chi connectivity index (χ0v) is 22.5. The van der Waals surface area contributed by atoms with Gasteiger partial charge in [-0.15, -0.1) is 0 Å². The minimum Gasteiger partial charge on any atom is -0.480 e. The topological polar surface area (TPSA) is 366 Å². The second-order valence-corrected chi connectivity index (χ2v) is 8.00. The van der Waals surface area contributed by atoms with Crippen molar-refractivity contribution >= 4 is 42.5 Å². The van der Waals surface area contributed by atoms with Gasteiger partial charge in [-0.3, -0.25) is 24.0 Å². The molecule has 1 aromatic heterocycles. The van der Waals surface area contributed by atoms with Gasteiger partial charge in [-0.25, -0.2) is 4.98 Å². The molecule has 39 heavy (non-hydrogen) atoms. The SMILES string of the molecule is CC(C)C[C@H](N)C(=O)O.NCC(=O)O.N[C@@H](CO)C(=O)O.N[C@@H](CS)C(=O)O.N[C@@H](Cc1c[nH]cn1)C(=O)O. The van der Waals surface area contributed by atoms with Gasteiger partial charge in [0.25, 0.3) is 0 Å². The van der Waals surface area contributed by atoms with Crippen LogP contribution in [-0.4, -0.2) is 114 Å². The van der Waals surface area contributed by atoms with E-state index in [0.29, 0.717) is 18.0 Å². The number of hydrogen-bond acceptors (Lipinski definition) is 13. The normalized spacial score (nSPS) is 12.6. The Morgan fingerprint density at radius 1 is 0.846 bits per heavy atom. The maximum Gasteiger partial charge on any atom is 0.322 e. The number of nitrogens with one attached hydrogen (secondary N) is 1. The van der Waals surface area contributed by atoms with Crippen LogP contribution in [0.3, 0.4) is 0 Å². The van der Waals surface area contributed by atoms with Gasteiger partial charge in [-0.1, -0.05) is 13.8 Å². The van der Waals surface area contributed by atoms with Crippen LogP contribution in [0.5, 0.6) is 0 Å². The number of thiol groups is 1. The maximum atomic E-state index is 10.3. The lowest BCUT2D eigenvalue weighted by Crippen LogP contribution is -2.33. The van der Waals surface area contributed by atoms with E-state index in [2.05, 4.69) is 28.3 Å². The highest BCUT2D eigenvalue weighted by molar-refractivity contribution is 7.80. The monoisotopic (exact) mass is 587 g/mol. The van der Waals surface area contributed by atoms with Crippen molar-refractivity contribution in [1.29, 1.82) is 0 Å². The van der Waals surface area contributed by atoms with Crippen LogP contribution in [0.25, 0.3) is 0 Å². The number of hydrogen-bond donors (Lipinski definition) is 13. The molecule has 17 N–H and O–H groups in total. The number of aliphatic hydroxyl groups excluding tert-OH is 1. The van der Waals surface area contributed by atoms with Crippen molar-refractivity contribution in [2.45, 2.75) is 50.9 Å². The van der Waals surface area contributed by atoms with E-state index in [1.54, 1.807) is 6.20 Å². The van der Waals surface area contributed by atoms with Crippen molar-refractivity contribution in [3.63, 3.8) is 0 Å². The van der Waals surface area contributed by atoms with E-state index in [0.717, 1.165) is 0 Å². The molecule has 0 aromatic carbocycles. The summed E-state index contributed by atoms with van der Waals surface area (Å²) in [6, 6.07) is -3.49. The highest BCUT2D eigenvalue weighted by Gasteiger charge is 2.13. The quantitative estimate of drug-likeness (QED) is 0.112. The van der Waals surface area contributed by atoms with E-state index in [1.165, 1.54) is 6.33 Å². The number of aliphatic carboxylic acids is 5. The largest absolute Gasteiger partial charge is 0.480 e. The van der Waals surface area contributed by atoms with Gasteiger partial charge in [-0.05, 0) is 12.3 Å². The van der Waals surface area contributed by atoms with Gasteiger partial charge in [0.05, 0.1) is 25.2 Å². The van der Waals surface area contributed by atoms with Crippen LogP contribution in [0, 0.1) is 5.92 Å². The number of aromatic nitrogens is 2. The summed E-state index contributed by atoms with van der Waals surface area (Å²) in [6.45, 7) is 3.11. The third-order valence-electron chi connectivity index (χ3n) is 3.55. The Morgan fingerprint density at radius 2 is 1.26 bits per heavy atom. The standard InChI is InChI=1S/C6H9N3O2.C6H13NO2.C3H7NO3.C3H7NO2S.C2H5NO2/c7-5(6(10)11)1-4-2-8-3-9-4;1-4(2)3-5(7)6(8)9;4-2(1-5)3(6)7;4-2(1-7)3(5)6;3-1-2(4)5/h2-3,5H,1,7H2,(H,8,9)(H,10,11);4-5H,3,7H2,1-2H3,(H,8,9);2,5H,1,4H2,(H,6,7);2,7H,1,4H2,(H,5,6);1,3H2,(H,4,5)/t2*5-;2*2-;/m0000./s1. The number of imidazole rings is 1. The summed E-state index contributed by atoms with van der Waals surface area (Å²) in [4.78, 5) is 55.6. The second kappa shape index (κ2) is 26.3. The molecule has 1 rings (SSSR count). The van der Waals surface area contributed by atoms with Crippen LogP contribution in [-0.2, 0) is 30.4 Å². The molecule has 0 aliphatic carbocycles. The number of nitrogens with zero attached hydrogens (tertiary/aromatic N) is 1. The number of carbonyl (C=O) groups is 5. The number of H-pyrrole nitrogens is 1. The van der Waals surface area contributed by atoms with Crippen LogP contribution >= 0.6 is 12.6 Å². The average molecular weight is 588 g/mol. The lowest BCUT2D eigenvalue weighted by molar-refractivity contribution is -0.140. The molecule has 0 saturated carbocycles. The molecule has 0 unspecified atom stereocenters. The van der Waals surface area contributed by atoms with E-state index >= 15 is 0 Å². The molecule has 0 fully saturated rings. The number of carboxylic acid groups (broad SMARTS) is 5. The molecule has 0 radical (unpaired) electrons. The summed E-state index contributed by atoms with van der Waals surface area (Å²) in [6.07, 6.45) is 3.93. The third kappa shape index (κ3) is 32.6.